The monoisotopic (exact) mass is 233 g/mol. The van der Waals surface area contributed by atoms with E-state index in [9.17, 15) is 0 Å². The SMILES string of the molecule is Cc1ccc(CN(C)C2CCCC2CN)nc1. The first-order valence-corrected chi connectivity index (χ1v) is 6.52. The Hall–Kier alpha value is -0.930. The third kappa shape index (κ3) is 3.05. The molecule has 3 heteroatoms. The summed E-state index contributed by atoms with van der Waals surface area (Å²) in [6, 6.07) is 4.90. The average Bonchev–Trinajstić information content (AvgIpc) is 2.80. The van der Waals surface area contributed by atoms with Crippen molar-refractivity contribution in [1.82, 2.24) is 9.88 Å². The van der Waals surface area contributed by atoms with E-state index in [2.05, 4.69) is 36.0 Å². The lowest BCUT2D eigenvalue weighted by atomic mass is 10.0. The van der Waals surface area contributed by atoms with Gasteiger partial charge in [0.25, 0.3) is 0 Å². The maximum atomic E-state index is 5.83. The van der Waals surface area contributed by atoms with Gasteiger partial charge in [-0.3, -0.25) is 9.88 Å². The summed E-state index contributed by atoms with van der Waals surface area (Å²) in [5, 5.41) is 0. The van der Waals surface area contributed by atoms with E-state index in [1.165, 1.54) is 24.8 Å². The molecule has 17 heavy (non-hydrogen) atoms. The Labute approximate surface area is 104 Å². The molecule has 1 aliphatic carbocycles. The smallest absolute Gasteiger partial charge is 0.0544 e. The lowest BCUT2D eigenvalue weighted by molar-refractivity contribution is 0.191. The van der Waals surface area contributed by atoms with E-state index in [4.69, 9.17) is 5.73 Å². The fraction of sp³-hybridized carbons (Fsp3) is 0.643. The molecule has 0 aromatic carbocycles. The van der Waals surface area contributed by atoms with Crippen molar-refractivity contribution in [1.29, 1.82) is 0 Å². The van der Waals surface area contributed by atoms with Gasteiger partial charge in [-0.05, 0) is 50.9 Å². The van der Waals surface area contributed by atoms with Gasteiger partial charge in [-0.15, -0.1) is 0 Å². The van der Waals surface area contributed by atoms with E-state index in [0.29, 0.717) is 12.0 Å². The molecule has 0 aliphatic heterocycles. The van der Waals surface area contributed by atoms with Crippen molar-refractivity contribution >= 4 is 0 Å². The van der Waals surface area contributed by atoms with E-state index < -0.39 is 0 Å². The molecule has 0 radical (unpaired) electrons. The number of hydrogen-bond acceptors (Lipinski definition) is 3. The van der Waals surface area contributed by atoms with Crippen molar-refractivity contribution in [3.8, 4) is 0 Å². The quantitative estimate of drug-likeness (QED) is 0.864. The molecule has 1 aliphatic rings. The minimum Gasteiger partial charge on any atom is -0.330 e. The molecule has 2 N–H and O–H groups in total. The second-order valence-electron chi connectivity index (χ2n) is 5.24. The van der Waals surface area contributed by atoms with E-state index >= 15 is 0 Å². The average molecular weight is 233 g/mol. The topological polar surface area (TPSA) is 42.1 Å². The molecule has 1 aromatic heterocycles. The van der Waals surface area contributed by atoms with Crippen LogP contribution in [0.3, 0.4) is 0 Å². The predicted molar refractivity (Wildman–Crippen MR) is 70.6 cm³/mol. The molecule has 1 aromatic rings. The number of aryl methyl sites for hydroxylation is 1. The fourth-order valence-electron chi connectivity index (χ4n) is 2.84. The molecule has 94 valence electrons. The molecule has 1 heterocycles. The Balaban J connectivity index is 1.96. The van der Waals surface area contributed by atoms with Crippen molar-refractivity contribution in [2.75, 3.05) is 13.6 Å². The van der Waals surface area contributed by atoms with Crippen LogP contribution in [0.2, 0.25) is 0 Å². The highest BCUT2D eigenvalue weighted by Crippen LogP contribution is 2.29. The van der Waals surface area contributed by atoms with Crippen molar-refractivity contribution in [3.05, 3.63) is 29.6 Å². The highest BCUT2D eigenvalue weighted by molar-refractivity contribution is 5.12. The second kappa shape index (κ2) is 5.61. The molecule has 2 unspecified atom stereocenters. The fourth-order valence-corrected chi connectivity index (χ4v) is 2.84. The first kappa shape index (κ1) is 12.5. The van der Waals surface area contributed by atoms with Crippen molar-refractivity contribution in [2.45, 2.75) is 38.8 Å². The lowest BCUT2D eigenvalue weighted by Crippen LogP contribution is -2.37. The van der Waals surface area contributed by atoms with Gasteiger partial charge in [-0.25, -0.2) is 0 Å². The summed E-state index contributed by atoms with van der Waals surface area (Å²) in [4.78, 5) is 6.89. The number of nitrogens with two attached hydrogens (primary N) is 1. The van der Waals surface area contributed by atoms with Crippen LogP contribution in [0.5, 0.6) is 0 Å². The van der Waals surface area contributed by atoms with Crippen LogP contribution in [0.15, 0.2) is 18.3 Å². The Morgan fingerprint density at radius 3 is 2.88 bits per heavy atom. The van der Waals surface area contributed by atoms with Crippen molar-refractivity contribution in [2.24, 2.45) is 11.7 Å². The van der Waals surface area contributed by atoms with Crippen LogP contribution in [-0.2, 0) is 6.54 Å². The van der Waals surface area contributed by atoms with Gasteiger partial charge in [0.15, 0.2) is 0 Å². The number of nitrogens with zero attached hydrogens (tertiary/aromatic N) is 2. The largest absolute Gasteiger partial charge is 0.330 e. The van der Waals surface area contributed by atoms with Crippen LogP contribution >= 0.6 is 0 Å². The second-order valence-corrected chi connectivity index (χ2v) is 5.24. The maximum absolute atomic E-state index is 5.83. The summed E-state index contributed by atoms with van der Waals surface area (Å²) >= 11 is 0. The Morgan fingerprint density at radius 1 is 1.41 bits per heavy atom. The van der Waals surface area contributed by atoms with Gasteiger partial charge in [0.1, 0.15) is 0 Å². The molecular formula is C14H23N3. The zero-order chi connectivity index (χ0) is 12.3. The zero-order valence-corrected chi connectivity index (χ0v) is 10.9. The van der Waals surface area contributed by atoms with Crippen LogP contribution < -0.4 is 5.73 Å². The minimum absolute atomic E-state index is 0.642. The summed E-state index contributed by atoms with van der Waals surface area (Å²) in [5.74, 6) is 0.672. The summed E-state index contributed by atoms with van der Waals surface area (Å²) in [7, 11) is 2.19. The molecule has 0 bridgehead atoms. The molecule has 2 atom stereocenters. The van der Waals surface area contributed by atoms with Gasteiger partial charge < -0.3 is 5.73 Å². The first-order chi connectivity index (χ1) is 8.20. The van der Waals surface area contributed by atoms with Gasteiger partial charge in [-0.2, -0.15) is 0 Å². The molecular weight excluding hydrogens is 210 g/mol. The molecule has 0 spiro atoms. The van der Waals surface area contributed by atoms with Crippen LogP contribution in [0.1, 0.15) is 30.5 Å². The number of aromatic nitrogens is 1. The van der Waals surface area contributed by atoms with Gasteiger partial charge in [0, 0.05) is 18.8 Å². The number of rotatable bonds is 4. The zero-order valence-electron chi connectivity index (χ0n) is 10.9. The highest BCUT2D eigenvalue weighted by atomic mass is 15.1. The Bertz CT molecular complexity index is 347. The molecule has 0 amide bonds. The van der Waals surface area contributed by atoms with Gasteiger partial charge in [-0.1, -0.05) is 12.5 Å². The summed E-state index contributed by atoms with van der Waals surface area (Å²) < 4.78 is 0. The summed E-state index contributed by atoms with van der Waals surface area (Å²) in [5.41, 5.74) is 8.21. The summed E-state index contributed by atoms with van der Waals surface area (Å²) in [6.07, 6.45) is 5.83. The van der Waals surface area contributed by atoms with Crippen LogP contribution in [0.25, 0.3) is 0 Å². The lowest BCUT2D eigenvalue weighted by Gasteiger charge is -2.28. The van der Waals surface area contributed by atoms with Crippen LogP contribution in [0.4, 0.5) is 0 Å². The van der Waals surface area contributed by atoms with Gasteiger partial charge >= 0.3 is 0 Å². The third-order valence-corrected chi connectivity index (χ3v) is 3.87. The van der Waals surface area contributed by atoms with Crippen molar-refractivity contribution in [3.63, 3.8) is 0 Å². The molecule has 1 fully saturated rings. The van der Waals surface area contributed by atoms with E-state index in [0.717, 1.165) is 18.8 Å². The third-order valence-electron chi connectivity index (χ3n) is 3.87. The van der Waals surface area contributed by atoms with Crippen LogP contribution in [-0.4, -0.2) is 29.5 Å². The molecule has 0 saturated heterocycles. The molecule has 1 saturated carbocycles. The van der Waals surface area contributed by atoms with Gasteiger partial charge in [0.2, 0.25) is 0 Å². The van der Waals surface area contributed by atoms with E-state index in [1.54, 1.807) is 0 Å². The summed E-state index contributed by atoms with van der Waals surface area (Å²) in [6.45, 7) is 3.82. The number of pyridine rings is 1. The van der Waals surface area contributed by atoms with E-state index in [-0.39, 0.29) is 0 Å². The van der Waals surface area contributed by atoms with Gasteiger partial charge in [0.05, 0.1) is 5.69 Å². The molecule has 2 rings (SSSR count). The normalized spacial score (nSPS) is 24.5. The van der Waals surface area contributed by atoms with Crippen LogP contribution in [0, 0.1) is 12.8 Å². The Morgan fingerprint density at radius 2 is 2.24 bits per heavy atom. The first-order valence-electron chi connectivity index (χ1n) is 6.52. The van der Waals surface area contributed by atoms with E-state index in [1.807, 2.05) is 6.20 Å². The minimum atomic E-state index is 0.642. The predicted octanol–water partition coefficient (Wildman–Crippen LogP) is 1.95. The maximum Gasteiger partial charge on any atom is 0.0544 e. The highest BCUT2D eigenvalue weighted by Gasteiger charge is 2.29. The standard InChI is InChI=1S/C14H23N3/c1-11-6-7-13(16-9-11)10-17(2)14-5-3-4-12(14)8-15/h6-7,9,12,14H,3-5,8,10,15H2,1-2H3. The van der Waals surface area contributed by atoms with Crippen molar-refractivity contribution < 1.29 is 0 Å². The molecule has 3 nitrogen and oxygen atoms in total. The Kier molecular flexibility index (Phi) is 4.13. The number of hydrogen-bond donors (Lipinski definition) is 1.